The van der Waals surface area contributed by atoms with E-state index in [-0.39, 0.29) is 115 Å². The molecule has 15 heteroatoms. The van der Waals surface area contributed by atoms with E-state index in [0.29, 0.717) is 51.4 Å². The molecule has 14 nitrogen and oxygen atoms in total. The SMILES string of the molecule is CC1=CC(=O)O[C@H]2C[C@H]3O[C@H]4C[C@@H](C)[C@H]5O[C@H]6C[C@H]7O[C@@]8(C)C/C=C\[C@H]9O[C@H]%10C[C@H]%11O[C@H](CC(=O)CCl)C[C@H](O)[C@]%11(C)O[C@@H]%10C[C@@H]9O[C@@H]8C[C@]7(C)O[C@]6(C)CC[C@@H]5O[C@@H]4C[C@]3(C)O[C@H]12. The zero-order chi connectivity index (χ0) is 44.7. The fraction of sp³-hybridized carbons (Fsp3) is 0.878. The smallest absolute Gasteiger partial charge is 0.331 e. The molecular formula is C49H69ClO14. The van der Waals surface area contributed by atoms with Crippen molar-refractivity contribution in [1.82, 2.24) is 0 Å². The molecule has 0 aromatic rings. The van der Waals surface area contributed by atoms with Gasteiger partial charge in [0.25, 0.3) is 0 Å². The van der Waals surface area contributed by atoms with Gasteiger partial charge in [0.05, 0.1) is 114 Å². The second-order valence-corrected chi connectivity index (χ2v) is 22.8. The van der Waals surface area contributed by atoms with Crippen LogP contribution in [0.5, 0.6) is 0 Å². The van der Waals surface area contributed by atoms with Crippen LogP contribution in [-0.4, -0.2) is 155 Å². The quantitative estimate of drug-likeness (QED) is 0.215. The number of esters is 1. The molecule has 0 aromatic heterocycles. The maximum atomic E-state index is 12.3. The summed E-state index contributed by atoms with van der Waals surface area (Å²) < 4.78 is 75.5. The Morgan fingerprint density at radius 2 is 1.48 bits per heavy atom. The molecule has 11 rings (SSSR count). The summed E-state index contributed by atoms with van der Waals surface area (Å²) in [6.07, 6.45) is 8.22. The van der Waals surface area contributed by atoms with Gasteiger partial charge in [-0.1, -0.05) is 19.1 Å². The number of fused-ring (bicyclic) bond motifs is 10. The van der Waals surface area contributed by atoms with E-state index < -0.39 is 46.3 Å². The Bertz CT molecular complexity index is 1910. The van der Waals surface area contributed by atoms with Gasteiger partial charge in [-0.05, 0) is 78.7 Å². The van der Waals surface area contributed by atoms with Crippen LogP contribution in [-0.2, 0) is 61.7 Å². The van der Waals surface area contributed by atoms with E-state index in [2.05, 4.69) is 46.8 Å². The number of aliphatic hydroxyl groups is 1. The number of hydrogen-bond acceptors (Lipinski definition) is 14. The number of carbonyl (C=O) groups is 2. The lowest BCUT2D eigenvalue weighted by molar-refractivity contribution is -0.356. The highest BCUT2D eigenvalue weighted by Gasteiger charge is 2.64. The van der Waals surface area contributed by atoms with Crippen molar-refractivity contribution in [3.63, 3.8) is 0 Å². The first kappa shape index (κ1) is 44.9. The lowest BCUT2D eigenvalue weighted by Crippen LogP contribution is -2.70. The zero-order valence-corrected chi connectivity index (χ0v) is 39.2. The van der Waals surface area contributed by atoms with Crippen molar-refractivity contribution in [2.45, 2.75) is 257 Å². The van der Waals surface area contributed by atoms with Crippen molar-refractivity contribution >= 4 is 23.4 Å². The van der Waals surface area contributed by atoms with Gasteiger partial charge in [-0.2, -0.15) is 0 Å². The molecular weight excluding hydrogens is 848 g/mol. The molecule has 11 aliphatic heterocycles. The lowest BCUT2D eigenvalue weighted by atomic mass is 9.72. The topological polar surface area (TPSA) is 156 Å². The number of halogens is 1. The number of carbonyl (C=O) groups excluding carboxylic acids is 2. The number of aliphatic hydroxyl groups excluding tert-OH is 1. The summed E-state index contributed by atoms with van der Waals surface area (Å²) in [7, 11) is 0. The van der Waals surface area contributed by atoms with Crippen LogP contribution in [0, 0.1) is 5.92 Å². The van der Waals surface area contributed by atoms with Crippen molar-refractivity contribution in [3.05, 3.63) is 23.8 Å². The summed E-state index contributed by atoms with van der Waals surface area (Å²) in [5.41, 5.74) is -2.46. The molecule has 9 fully saturated rings. The number of rotatable bonds is 3. The monoisotopic (exact) mass is 916 g/mol. The molecule has 0 bridgehead atoms. The first-order valence-electron chi connectivity index (χ1n) is 24.3. The molecule has 11 heterocycles. The Morgan fingerprint density at radius 1 is 0.719 bits per heavy atom. The Kier molecular flexibility index (Phi) is 11.2. The second-order valence-electron chi connectivity index (χ2n) is 22.6. The van der Waals surface area contributed by atoms with Gasteiger partial charge >= 0.3 is 5.97 Å². The van der Waals surface area contributed by atoms with Crippen LogP contribution >= 0.6 is 11.6 Å². The predicted octanol–water partition coefficient (Wildman–Crippen LogP) is 5.52. The Hall–Kier alpha value is -1.53. The van der Waals surface area contributed by atoms with Gasteiger partial charge in [-0.3, -0.25) is 4.79 Å². The van der Waals surface area contributed by atoms with Crippen LogP contribution in [0.25, 0.3) is 0 Å². The first-order valence-corrected chi connectivity index (χ1v) is 24.9. The van der Waals surface area contributed by atoms with Gasteiger partial charge < -0.3 is 57.2 Å². The van der Waals surface area contributed by atoms with E-state index in [1.807, 2.05) is 13.8 Å². The molecule has 0 aliphatic carbocycles. The lowest BCUT2D eigenvalue weighted by Gasteiger charge is -2.60. The first-order chi connectivity index (χ1) is 30.4. The molecule has 23 atom stereocenters. The van der Waals surface area contributed by atoms with Crippen LogP contribution in [0.15, 0.2) is 23.8 Å². The fourth-order valence-electron chi connectivity index (χ4n) is 14.0. The zero-order valence-electron chi connectivity index (χ0n) is 38.4. The Labute approximate surface area is 381 Å². The summed E-state index contributed by atoms with van der Waals surface area (Å²) in [4.78, 5) is 24.4. The van der Waals surface area contributed by atoms with Gasteiger partial charge in [0.15, 0.2) is 0 Å². The van der Waals surface area contributed by atoms with E-state index in [1.165, 1.54) is 0 Å². The molecule has 0 radical (unpaired) electrons. The average Bonchev–Trinajstić information content (AvgIpc) is 3.43. The average molecular weight is 918 g/mol. The summed E-state index contributed by atoms with van der Waals surface area (Å²) in [6.45, 7) is 14.8. The van der Waals surface area contributed by atoms with Gasteiger partial charge in [-0.15, -0.1) is 11.6 Å². The van der Waals surface area contributed by atoms with E-state index >= 15 is 0 Å². The fourth-order valence-corrected chi connectivity index (χ4v) is 14.1. The molecule has 9 saturated heterocycles. The van der Waals surface area contributed by atoms with Crippen molar-refractivity contribution < 1.29 is 66.8 Å². The van der Waals surface area contributed by atoms with Gasteiger partial charge in [0.2, 0.25) is 0 Å². The van der Waals surface area contributed by atoms with Gasteiger partial charge in [0, 0.05) is 57.4 Å². The molecule has 0 spiro atoms. The van der Waals surface area contributed by atoms with E-state index in [9.17, 15) is 14.7 Å². The molecule has 11 aliphatic rings. The van der Waals surface area contributed by atoms with Crippen LogP contribution in [0.2, 0.25) is 0 Å². The molecule has 0 amide bonds. The van der Waals surface area contributed by atoms with Crippen LogP contribution in [0.3, 0.4) is 0 Å². The summed E-state index contributed by atoms with van der Waals surface area (Å²) in [5, 5.41) is 11.4. The third-order valence-corrected chi connectivity index (χ3v) is 18.0. The molecule has 0 saturated carbocycles. The molecule has 356 valence electrons. The highest BCUT2D eigenvalue weighted by molar-refractivity contribution is 6.27. The molecule has 0 aromatic carbocycles. The number of Topliss-reactive ketones (excluding diaryl/α,β-unsaturated/α-hetero) is 1. The van der Waals surface area contributed by atoms with Crippen LogP contribution in [0.1, 0.15) is 126 Å². The molecule has 64 heavy (non-hydrogen) atoms. The predicted molar refractivity (Wildman–Crippen MR) is 229 cm³/mol. The number of hydrogen-bond donors (Lipinski definition) is 1. The van der Waals surface area contributed by atoms with Crippen molar-refractivity contribution in [3.8, 4) is 0 Å². The second kappa shape index (κ2) is 16.0. The van der Waals surface area contributed by atoms with Crippen molar-refractivity contribution in [2.75, 3.05) is 5.88 Å². The maximum absolute atomic E-state index is 12.3. The minimum absolute atomic E-state index is 0.0731. The van der Waals surface area contributed by atoms with Crippen LogP contribution in [0.4, 0.5) is 0 Å². The Morgan fingerprint density at radius 3 is 2.30 bits per heavy atom. The number of ketones is 1. The highest BCUT2D eigenvalue weighted by Crippen LogP contribution is 2.55. The molecule has 1 N–H and O–H groups in total. The highest BCUT2D eigenvalue weighted by atomic mass is 35.5. The standard InChI is InChI=1S/C49H69ClO14/c1-24-13-30-35(21-47(5)37(57-30)19-34-44(63-47)25(2)14-42(53)59-34)56-29-10-12-46(4)38(60-43(24)29)20-39-48(6,64-46)22-41-45(3,62-39)11-8-9-28-31(58-41)17-33-32(55-28)18-40-49(7,61-33)36(52)16-27(54-40)15-26(51)23-50/h8-9,14,24,27-41,43-44,52H,10-13,15-23H2,1-7H3/b9-8-/t24-,27-,28-,29+,30+,31+,32+,33-,34+,35-,36+,37-,38+,39-,40-,41-,43-,44-,45+,46-,47+,48+,49+/m1/s1. The minimum atomic E-state index is -0.938. The van der Waals surface area contributed by atoms with E-state index in [4.69, 9.17) is 63.7 Å². The third kappa shape index (κ3) is 7.54. The number of ether oxygens (including phenoxy) is 11. The van der Waals surface area contributed by atoms with Crippen LogP contribution < -0.4 is 0 Å². The molecule has 0 unspecified atom stereocenters. The Balaban J connectivity index is 0.776. The third-order valence-electron chi connectivity index (χ3n) is 17.7. The van der Waals surface area contributed by atoms with Crippen molar-refractivity contribution in [1.29, 1.82) is 0 Å². The summed E-state index contributed by atoms with van der Waals surface area (Å²) >= 11 is 5.80. The maximum Gasteiger partial charge on any atom is 0.331 e. The number of alkyl halides is 1. The summed E-state index contributed by atoms with van der Waals surface area (Å²) in [5.74, 6) is -0.321. The van der Waals surface area contributed by atoms with E-state index in [1.54, 1.807) is 6.08 Å². The van der Waals surface area contributed by atoms with Crippen molar-refractivity contribution in [2.24, 2.45) is 5.92 Å². The van der Waals surface area contributed by atoms with E-state index in [0.717, 1.165) is 24.8 Å². The van der Waals surface area contributed by atoms with Gasteiger partial charge in [-0.25, -0.2) is 4.79 Å². The minimum Gasteiger partial charge on any atom is -0.456 e. The normalized spacial score (nSPS) is 57.0. The largest absolute Gasteiger partial charge is 0.456 e. The summed E-state index contributed by atoms with van der Waals surface area (Å²) in [6, 6.07) is 0. The van der Waals surface area contributed by atoms with Gasteiger partial charge in [0.1, 0.15) is 29.7 Å².